The summed E-state index contributed by atoms with van der Waals surface area (Å²) in [6, 6.07) is 13.0. The highest BCUT2D eigenvalue weighted by Crippen LogP contribution is 2.52. The van der Waals surface area contributed by atoms with Gasteiger partial charge in [0.05, 0.1) is 16.8 Å². The van der Waals surface area contributed by atoms with E-state index in [2.05, 4.69) is 116 Å². The minimum atomic E-state index is -0.656. The average Bonchev–Trinajstić information content (AvgIpc) is 3.57. The fourth-order valence-electron chi connectivity index (χ4n) is 6.03. The van der Waals surface area contributed by atoms with Gasteiger partial charge in [0.25, 0.3) is 0 Å². The lowest BCUT2D eigenvalue weighted by Gasteiger charge is -2.29. The summed E-state index contributed by atoms with van der Waals surface area (Å²) >= 11 is 0. The molecule has 7 rings (SSSR count). The van der Waals surface area contributed by atoms with Crippen molar-refractivity contribution in [2.24, 2.45) is 16.8 Å². The monoisotopic (exact) mass is 530 g/mol. The van der Waals surface area contributed by atoms with E-state index in [0.717, 1.165) is 53.8 Å². The lowest BCUT2D eigenvalue weighted by Crippen LogP contribution is -2.24. The van der Waals surface area contributed by atoms with Gasteiger partial charge >= 0.3 is 0 Å². The Labute approximate surface area is 231 Å². The molecule has 196 valence electrons. The quantitative estimate of drug-likeness (QED) is 0.315. The van der Waals surface area contributed by atoms with E-state index in [-0.39, 0.29) is 0 Å². The first kappa shape index (κ1) is 24.5. The molecule has 5 heterocycles. The molecule has 0 bridgehead atoms. The van der Waals surface area contributed by atoms with E-state index in [4.69, 9.17) is 9.41 Å². The number of rotatable bonds is 4. The van der Waals surface area contributed by atoms with Gasteiger partial charge in [-0.25, -0.2) is 0 Å². The van der Waals surface area contributed by atoms with Crippen LogP contribution in [-0.2, 0) is 0 Å². The molecule has 3 nitrogen and oxygen atoms in total. The number of aliphatic imine (C=N–C) groups is 1. The third-order valence-electron chi connectivity index (χ3n) is 8.15. The molecule has 4 aliphatic heterocycles. The molecular formula is C35H35N2OP. The van der Waals surface area contributed by atoms with Crippen molar-refractivity contribution in [3.63, 3.8) is 0 Å². The van der Waals surface area contributed by atoms with E-state index in [1.54, 1.807) is 0 Å². The Kier molecular flexibility index (Phi) is 6.21. The van der Waals surface area contributed by atoms with Crippen molar-refractivity contribution in [1.29, 1.82) is 0 Å². The molecule has 0 saturated carbocycles. The van der Waals surface area contributed by atoms with Crippen LogP contribution >= 0.6 is 7.55 Å². The van der Waals surface area contributed by atoms with Crippen LogP contribution in [0.4, 0.5) is 5.69 Å². The maximum absolute atomic E-state index is 6.67. The number of para-hydroxylation sites is 1. The van der Waals surface area contributed by atoms with Crippen LogP contribution in [0.15, 0.2) is 116 Å². The molecule has 4 aliphatic rings. The molecule has 0 fully saturated rings. The molecule has 2 aromatic carbocycles. The van der Waals surface area contributed by atoms with Gasteiger partial charge in [-0.05, 0) is 65.7 Å². The number of hydrogen-bond acceptors (Lipinski definition) is 3. The number of nitrogens with zero attached hydrogens (tertiary/aromatic N) is 2. The van der Waals surface area contributed by atoms with E-state index < -0.39 is 7.55 Å². The molecule has 4 heteroatoms. The first-order chi connectivity index (χ1) is 19.1. The summed E-state index contributed by atoms with van der Waals surface area (Å²) in [5.74, 6) is 6.09. The molecule has 0 aliphatic carbocycles. The molecule has 39 heavy (non-hydrogen) atoms. The summed E-state index contributed by atoms with van der Waals surface area (Å²) in [5, 5.41) is 3.86. The van der Waals surface area contributed by atoms with Gasteiger partial charge in [0.2, 0.25) is 0 Å². The smallest absolute Gasteiger partial charge is 0.146 e. The summed E-state index contributed by atoms with van der Waals surface area (Å²) in [4.78, 5) is 7.56. The van der Waals surface area contributed by atoms with Gasteiger partial charge in [-0.2, -0.15) is 0 Å². The molecule has 0 amide bonds. The van der Waals surface area contributed by atoms with Crippen molar-refractivity contribution in [2.45, 2.75) is 33.6 Å². The fraction of sp³-hybridized carbons (Fsp3) is 0.257. The fourth-order valence-corrected chi connectivity index (χ4v) is 7.80. The Morgan fingerprint density at radius 3 is 2.85 bits per heavy atom. The summed E-state index contributed by atoms with van der Waals surface area (Å²) in [6.45, 7) is 8.53. The molecular weight excluding hydrogens is 495 g/mol. The summed E-state index contributed by atoms with van der Waals surface area (Å²) < 4.78 is 6.67. The second-order valence-corrected chi connectivity index (χ2v) is 13.6. The van der Waals surface area contributed by atoms with Gasteiger partial charge in [-0.15, -0.1) is 0 Å². The van der Waals surface area contributed by atoms with Crippen molar-refractivity contribution < 1.29 is 4.42 Å². The van der Waals surface area contributed by atoms with E-state index >= 15 is 0 Å². The Morgan fingerprint density at radius 1 is 1.08 bits per heavy atom. The maximum atomic E-state index is 6.67. The standard InChI is InChI=1S/C35H35N2OP/c1-23(2)18-26-19-30(36-20-24(26)3)28-15-16-31(34-29-11-7-8-12-33(29)38-35(28)34)37-17-9-5-4-6-10-25-13-14-27-21-39(27)22-32(25)37/h4-9,11-16,19,21-24,39H,10,17-18,20H2,1-3H3/b6-4-,9-5-. The van der Waals surface area contributed by atoms with E-state index in [1.165, 1.54) is 33.2 Å². The third-order valence-corrected chi connectivity index (χ3v) is 10.0. The SMILES string of the molecule is CC(C)CC1=CC(c2ccc(N3C/C=C\C=C/CC4=CC=C5C=[PH]5C=C43)c3c2oc2ccccc23)=NCC1C. The normalized spacial score (nSPS) is 24.1. The zero-order valence-electron chi connectivity index (χ0n) is 22.9. The predicted molar refractivity (Wildman–Crippen MR) is 171 cm³/mol. The Bertz CT molecular complexity index is 1750. The second-order valence-electron chi connectivity index (χ2n) is 11.5. The van der Waals surface area contributed by atoms with E-state index in [9.17, 15) is 0 Å². The zero-order valence-corrected chi connectivity index (χ0v) is 23.9. The topological polar surface area (TPSA) is 28.7 Å². The van der Waals surface area contributed by atoms with Crippen molar-refractivity contribution in [2.75, 3.05) is 18.0 Å². The number of fused-ring (bicyclic) bond motifs is 5. The first-order valence-electron chi connectivity index (χ1n) is 14.2. The second kappa shape index (κ2) is 9.88. The van der Waals surface area contributed by atoms with Crippen molar-refractivity contribution in [3.05, 3.63) is 112 Å². The van der Waals surface area contributed by atoms with Crippen molar-refractivity contribution in [3.8, 4) is 0 Å². The van der Waals surface area contributed by atoms with Crippen LogP contribution in [0.3, 0.4) is 0 Å². The van der Waals surface area contributed by atoms with Gasteiger partial charge in [-0.1, -0.05) is 94.3 Å². The van der Waals surface area contributed by atoms with E-state index in [1.807, 2.05) is 0 Å². The van der Waals surface area contributed by atoms with Gasteiger partial charge in [0.15, 0.2) is 0 Å². The minimum absolute atomic E-state index is 0.486. The van der Waals surface area contributed by atoms with Crippen molar-refractivity contribution in [1.82, 2.24) is 0 Å². The Morgan fingerprint density at radius 2 is 1.95 bits per heavy atom. The lowest BCUT2D eigenvalue weighted by molar-refractivity contribution is 0.566. The lowest BCUT2D eigenvalue weighted by atomic mass is 9.88. The molecule has 0 saturated heterocycles. The van der Waals surface area contributed by atoms with Gasteiger partial charge in [0.1, 0.15) is 11.2 Å². The average molecular weight is 531 g/mol. The number of benzene rings is 2. The predicted octanol–water partition coefficient (Wildman–Crippen LogP) is 9.02. The molecule has 0 radical (unpaired) electrons. The van der Waals surface area contributed by atoms with Crippen LogP contribution in [0.25, 0.3) is 21.9 Å². The molecule has 2 atom stereocenters. The number of allylic oxidation sites excluding steroid dienone is 8. The van der Waals surface area contributed by atoms with Crippen LogP contribution in [0.5, 0.6) is 0 Å². The third kappa shape index (κ3) is 4.53. The van der Waals surface area contributed by atoms with E-state index in [0.29, 0.717) is 11.8 Å². The number of dihydropyridines is 1. The molecule has 2 unspecified atom stereocenters. The van der Waals surface area contributed by atoms with Crippen LogP contribution in [0.1, 0.15) is 39.2 Å². The number of hydrogen-bond donors (Lipinski definition) is 0. The van der Waals surface area contributed by atoms with Crippen LogP contribution < -0.4 is 4.90 Å². The Hall–Kier alpha value is -3.55. The molecule has 3 aromatic rings. The summed E-state index contributed by atoms with van der Waals surface area (Å²) in [5.41, 5.74) is 9.41. The largest absolute Gasteiger partial charge is 0.455 e. The number of anilines is 1. The molecule has 0 N–H and O–H groups in total. The minimum Gasteiger partial charge on any atom is -0.455 e. The highest BCUT2D eigenvalue weighted by atomic mass is 31.1. The van der Waals surface area contributed by atoms with Gasteiger partial charge in [-0.3, -0.25) is 4.99 Å². The van der Waals surface area contributed by atoms with Crippen molar-refractivity contribution >= 4 is 46.7 Å². The highest BCUT2D eigenvalue weighted by Gasteiger charge is 2.27. The zero-order chi connectivity index (χ0) is 26.5. The maximum Gasteiger partial charge on any atom is 0.146 e. The summed E-state index contributed by atoms with van der Waals surface area (Å²) in [6.07, 6.45) is 17.9. The van der Waals surface area contributed by atoms with Crippen LogP contribution in [0, 0.1) is 11.8 Å². The van der Waals surface area contributed by atoms with Gasteiger partial charge in [0, 0.05) is 29.7 Å². The first-order valence-corrected chi connectivity index (χ1v) is 15.9. The Balaban J connectivity index is 1.43. The van der Waals surface area contributed by atoms with Gasteiger partial charge < -0.3 is 9.32 Å². The van der Waals surface area contributed by atoms with Crippen LogP contribution in [0.2, 0.25) is 0 Å². The number of furan rings is 1. The summed E-state index contributed by atoms with van der Waals surface area (Å²) in [7, 11) is -0.656. The molecule has 1 aromatic heterocycles. The van der Waals surface area contributed by atoms with Crippen LogP contribution in [-0.4, -0.2) is 24.6 Å². The highest BCUT2D eigenvalue weighted by molar-refractivity contribution is 7.76. The molecule has 0 spiro atoms.